The highest BCUT2D eigenvalue weighted by molar-refractivity contribution is 9.10. The Morgan fingerprint density at radius 1 is 1.50 bits per heavy atom. The summed E-state index contributed by atoms with van der Waals surface area (Å²) >= 11 is 4.71. The first kappa shape index (κ1) is 11.3. The van der Waals surface area contributed by atoms with Gasteiger partial charge in [0.2, 0.25) is 0 Å². The van der Waals surface area contributed by atoms with Crippen molar-refractivity contribution in [1.29, 1.82) is 0 Å². The normalized spacial score (nSPS) is 10.1. The van der Waals surface area contributed by atoms with Gasteiger partial charge in [-0.25, -0.2) is 4.98 Å². The van der Waals surface area contributed by atoms with E-state index in [1.54, 1.807) is 11.6 Å². The Labute approximate surface area is 106 Å². The number of thiazole rings is 1. The Hall–Kier alpha value is -1.20. The van der Waals surface area contributed by atoms with Crippen LogP contribution in [0.15, 0.2) is 34.2 Å². The minimum atomic E-state index is -0.166. The van der Waals surface area contributed by atoms with E-state index >= 15 is 0 Å². The number of rotatable bonds is 2. The van der Waals surface area contributed by atoms with E-state index in [4.69, 9.17) is 0 Å². The molecule has 0 saturated carbocycles. The number of benzene rings is 1. The van der Waals surface area contributed by atoms with Crippen molar-refractivity contribution in [3.63, 3.8) is 0 Å². The van der Waals surface area contributed by atoms with Crippen molar-refractivity contribution in [3.8, 4) is 0 Å². The van der Waals surface area contributed by atoms with Crippen LogP contribution in [-0.2, 0) is 0 Å². The summed E-state index contributed by atoms with van der Waals surface area (Å²) in [5.41, 5.74) is 1.82. The van der Waals surface area contributed by atoms with Gasteiger partial charge < -0.3 is 5.32 Å². The van der Waals surface area contributed by atoms with E-state index in [0.29, 0.717) is 5.01 Å². The number of nitrogens with one attached hydrogen (secondary N) is 1. The lowest BCUT2D eigenvalue weighted by molar-refractivity contribution is 0.102. The van der Waals surface area contributed by atoms with Gasteiger partial charge in [0.15, 0.2) is 5.01 Å². The van der Waals surface area contributed by atoms with Crippen molar-refractivity contribution in [1.82, 2.24) is 4.98 Å². The maximum Gasteiger partial charge on any atom is 0.284 e. The summed E-state index contributed by atoms with van der Waals surface area (Å²) in [6.07, 6.45) is 1.62. The molecule has 1 aromatic heterocycles. The van der Waals surface area contributed by atoms with Crippen LogP contribution in [0.4, 0.5) is 5.69 Å². The van der Waals surface area contributed by atoms with Crippen LogP contribution in [0.25, 0.3) is 0 Å². The van der Waals surface area contributed by atoms with Gasteiger partial charge in [0.25, 0.3) is 5.91 Å². The Morgan fingerprint density at radius 2 is 2.31 bits per heavy atom. The summed E-state index contributed by atoms with van der Waals surface area (Å²) in [6.45, 7) is 1.95. The highest BCUT2D eigenvalue weighted by atomic mass is 79.9. The van der Waals surface area contributed by atoms with E-state index in [9.17, 15) is 4.79 Å². The summed E-state index contributed by atoms with van der Waals surface area (Å²) in [7, 11) is 0. The van der Waals surface area contributed by atoms with Crippen molar-refractivity contribution in [2.24, 2.45) is 0 Å². The summed E-state index contributed by atoms with van der Waals surface area (Å²) in [6, 6.07) is 5.72. The third-order valence-corrected chi connectivity index (χ3v) is 3.33. The highest BCUT2D eigenvalue weighted by Crippen LogP contribution is 2.20. The minimum absolute atomic E-state index is 0.166. The van der Waals surface area contributed by atoms with Crippen LogP contribution < -0.4 is 5.32 Å². The summed E-state index contributed by atoms with van der Waals surface area (Å²) in [5, 5.41) is 5.08. The summed E-state index contributed by atoms with van der Waals surface area (Å²) in [4.78, 5) is 15.7. The second kappa shape index (κ2) is 4.76. The van der Waals surface area contributed by atoms with Gasteiger partial charge in [-0.1, -0.05) is 15.9 Å². The zero-order valence-electron chi connectivity index (χ0n) is 8.53. The topological polar surface area (TPSA) is 42.0 Å². The number of aromatic nitrogens is 1. The first-order valence-electron chi connectivity index (χ1n) is 4.64. The minimum Gasteiger partial charge on any atom is -0.320 e. The molecule has 0 saturated heterocycles. The molecule has 2 rings (SSSR count). The fourth-order valence-electron chi connectivity index (χ4n) is 1.28. The molecule has 2 aromatic rings. The van der Waals surface area contributed by atoms with Crippen molar-refractivity contribution < 1.29 is 4.79 Å². The number of aryl methyl sites for hydroxylation is 1. The van der Waals surface area contributed by atoms with Gasteiger partial charge in [0, 0.05) is 21.7 Å². The molecule has 0 unspecified atom stereocenters. The standard InChI is InChI=1S/C11H9BrN2OS/c1-7-6-8(12)2-3-9(7)14-10(15)11-13-4-5-16-11/h2-6H,1H3,(H,14,15). The third kappa shape index (κ3) is 2.48. The van der Waals surface area contributed by atoms with Crippen LogP contribution >= 0.6 is 27.3 Å². The smallest absolute Gasteiger partial charge is 0.284 e. The lowest BCUT2D eigenvalue weighted by Gasteiger charge is -2.06. The lowest BCUT2D eigenvalue weighted by Crippen LogP contribution is -2.12. The van der Waals surface area contributed by atoms with Crippen LogP contribution in [0.1, 0.15) is 15.4 Å². The Morgan fingerprint density at radius 3 is 2.94 bits per heavy atom. The number of amides is 1. The summed E-state index contributed by atoms with van der Waals surface area (Å²) < 4.78 is 0.997. The first-order chi connectivity index (χ1) is 7.66. The molecule has 0 aliphatic heterocycles. The van der Waals surface area contributed by atoms with E-state index in [1.807, 2.05) is 25.1 Å². The van der Waals surface area contributed by atoms with Gasteiger partial charge in [-0.2, -0.15) is 0 Å². The molecule has 82 valence electrons. The van der Waals surface area contributed by atoms with Crippen LogP contribution in [0.3, 0.4) is 0 Å². The molecule has 16 heavy (non-hydrogen) atoms. The largest absolute Gasteiger partial charge is 0.320 e. The molecule has 1 aromatic carbocycles. The third-order valence-electron chi connectivity index (χ3n) is 2.06. The molecule has 0 aliphatic rings. The van der Waals surface area contributed by atoms with Crippen LogP contribution in [0, 0.1) is 6.92 Å². The SMILES string of the molecule is Cc1cc(Br)ccc1NC(=O)c1nccs1. The van der Waals surface area contributed by atoms with E-state index in [-0.39, 0.29) is 5.91 Å². The molecule has 3 nitrogen and oxygen atoms in total. The van der Waals surface area contributed by atoms with Gasteiger partial charge in [-0.3, -0.25) is 4.79 Å². The average Bonchev–Trinajstić information content (AvgIpc) is 2.75. The van der Waals surface area contributed by atoms with Crippen molar-refractivity contribution in [2.45, 2.75) is 6.92 Å². The fourth-order valence-corrected chi connectivity index (χ4v) is 2.28. The number of carbonyl (C=O) groups excluding carboxylic acids is 1. The number of carbonyl (C=O) groups is 1. The number of hydrogen-bond donors (Lipinski definition) is 1. The molecule has 0 atom stereocenters. The van der Waals surface area contributed by atoms with E-state index < -0.39 is 0 Å². The Balaban J connectivity index is 2.18. The molecule has 5 heteroatoms. The second-order valence-electron chi connectivity index (χ2n) is 3.25. The van der Waals surface area contributed by atoms with Crippen LogP contribution in [0.2, 0.25) is 0 Å². The zero-order valence-corrected chi connectivity index (χ0v) is 10.9. The predicted octanol–water partition coefficient (Wildman–Crippen LogP) is 3.47. The van der Waals surface area contributed by atoms with Crippen LogP contribution in [-0.4, -0.2) is 10.9 Å². The number of nitrogens with zero attached hydrogens (tertiary/aromatic N) is 1. The number of anilines is 1. The van der Waals surface area contributed by atoms with Crippen LogP contribution in [0.5, 0.6) is 0 Å². The molecule has 0 bridgehead atoms. The molecule has 1 heterocycles. The lowest BCUT2D eigenvalue weighted by atomic mass is 10.2. The van der Waals surface area contributed by atoms with Gasteiger partial charge in [0.1, 0.15) is 0 Å². The van der Waals surface area contributed by atoms with Gasteiger partial charge in [0.05, 0.1) is 0 Å². The number of hydrogen-bond acceptors (Lipinski definition) is 3. The highest BCUT2D eigenvalue weighted by Gasteiger charge is 2.09. The zero-order chi connectivity index (χ0) is 11.5. The molecule has 1 amide bonds. The molecule has 0 spiro atoms. The monoisotopic (exact) mass is 296 g/mol. The molecular formula is C11H9BrN2OS. The van der Waals surface area contributed by atoms with Crippen molar-refractivity contribution in [3.05, 3.63) is 44.8 Å². The fraction of sp³-hybridized carbons (Fsp3) is 0.0909. The predicted molar refractivity (Wildman–Crippen MR) is 68.9 cm³/mol. The Bertz CT molecular complexity index is 511. The average molecular weight is 297 g/mol. The van der Waals surface area contributed by atoms with E-state index in [0.717, 1.165) is 15.7 Å². The second-order valence-corrected chi connectivity index (χ2v) is 5.06. The van der Waals surface area contributed by atoms with E-state index in [2.05, 4.69) is 26.2 Å². The summed E-state index contributed by atoms with van der Waals surface area (Å²) in [5.74, 6) is -0.166. The quantitative estimate of drug-likeness (QED) is 0.922. The molecule has 0 radical (unpaired) electrons. The number of halogens is 1. The van der Waals surface area contributed by atoms with Gasteiger partial charge in [-0.15, -0.1) is 11.3 Å². The van der Waals surface area contributed by atoms with Crippen molar-refractivity contribution in [2.75, 3.05) is 5.32 Å². The molecule has 1 N–H and O–H groups in total. The van der Waals surface area contributed by atoms with Crippen molar-refractivity contribution >= 4 is 38.9 Å². The maximum atomic E-state index is 11.7. The maximum absolute atomic E-state index is 11.7. The van der Waals surface area contributed by atoms with Gasteiger partial charge in [-0.05, 0) is 30.7 Å². The first-order valence-corrected chi connectivity index (χ1v) is 6.31. The van der Waals surface area contributed by atoms with Gasteiger partial charge >= 0.3 is 0 Å². The molecule has 0 fully saturated rings. The Kier molecular flexibility index (Phi) is 3.36. The van der Waals surface area contributed by atoms with E-state index in [1.165, 1.54) is 11.3 Å². The molecular weight excluding hydrogens is 288 g/mol. The molecule has 0 aliphatic carbocycles.